The number of allylic oxidation sites excluding steroid dienone is 1. The zero-order valence-corrected chi connectivity index (χ0v) is 16.2. The Hall–Kier alpha value is -3.31. The first-order chi connectivity index (χ1) is 13.4. The quantitative estimate of drug-likeness (QED) is 0.577. The van der Waals surface area contributed by atoms with Gasteiger partial charge in [0.15, 0.2) is 6.40 Å². The average Bonchev–Trinajstić information content (AvgIpc) is 2.70. The number of hydrogen-bond acceptors (Lipinski definition) is 6. The number of benzene rings is 1. The molecule has 0 N–H and O–H groups in total. The number of aliphatic imine (C=N–C) groups is 1. The van der Waals surface area contributed by atoms with Gasteiger partial charge in [0.1, 0.15) is 11.6 Å². The highest BCUT2D eigenvalue weighted by molar-refractivity contribution is 6.31. The molecule has 0 spiro atoms. The third-order valence-corrected chi connectivity index (χ3v) is 4.74. The van der Waals surface area contributed by atoms with Crippen LogP contribution in [0.3, 0.4) is 0 Å². The van der Waals surface area contributed by atoms with Gasteiger partial charge < -0.3 is 9.47 Å². The van der Waals surface area contributed by atoms with Gasteiger partial charge in [-0.1, -0.05) is 29.8 Å². The monoisotopic (exact) mass is 400 g/mol. The summed E-state index contributed by atoms with van der Waals surface area (Å²) in [6.07, 6.45) is 1.15. The predicted octanol–water partition coefficient (Wildman–Crippen LogP) is 2.06. The Morgan fingerprint density at radius 3 is 2.68 bits per heavy atom. The van der Waals surface area contributed by atoms with Crippen LogP contribution in [-0.4, -0.2) is 22.1 Å². The summed E-state index contributed by atoms with van der Waals surface area (Å²) in [5, 5.41) is 10.2. The van der Waals surface area contributed by atoms with Gasteiger partial charge in [-0.15, -0.1) is 0 Å². The number of nitriles is 1. The highest BCUT2D eigenvalue weighted by Gasteiger charge is 2.37. The van der Waals surface area contributed by atoms with Crippen molar-refractivity contribution in [2.24, 2.45) is 19.1 Å². The minimum Gasteiger partial charge on any atom is -0.483 e. The molecule has 8 nitrogen and oxygen atoms in total. The summed E-state index contributed by atoms with van der Waals surface area (Å²) in [7, 11) is 2.85. The fourth-order valence-electron chi connectivity index (χ4n) is 3.02. The van der Waals surface area contributed by atoms with Crippen LogP contribution in [-0.2, 0) is 18.8 Å². The molecular formula is C19H17ClN4O4. The highest BCUT2D eigenvalue weighted by Crippen LogP contribution is 2.42. The largest absolute Gasteiger partial charge is 0.483 e. The van der Waals surface area contributed by atoms with E-state index < -0.39 is 17.2 Å². The van der Waals surface area contributed by atoms with Gasteiger partial charge in [-0.3, -0.25) is 13.9 Å². The summed E-state index contributed by atoms with van der Waals surface area (Å²) < 4.78 is 13.0. The SMILES string of the molecule is CCO/C=N/C1=C(C#N)C(c2ccccc2Cl)c2c(n(C)c(=O)n(C)c2=O)O1. The zero-order chi connectivity index (χ0) is 20.4. The molecule has 1 aliphatic heterocycles. The lowest BCUT2D eigenvalue weighted by Gasteiger charge is -2.27. The Bertz CT molecular complexity index is 1150. The molecule has 1 aromatic heterocycles. The molecule has 0 saturated carbocycles. The Labute approximate surface area is 165 Å². The second-order valence-electron chi connectivity index (χ2n) is 6.00. The first kappa shape index (κ1) is 19.5. The number of rotatable bonds is 4. The van der Waals surface area contributed by atoms with Gasteiger partial charge in [-0.05, 0) is 18.6 Å². The van der Waals surface area contributed by atoms with E-state index in [1.165, 1.54) is 18.7 Å². The van der Waals surface area contributed by atoms with E-state index in [4.69, 9.17) is 21.1 Å². The summed E-state index contributed by atoms with van der Waals surface area (Å²) in [6.45, 7) is 2.16. The van der Waals surface area contributed by atoms with Crippen LogP contribution >= 0.6 is 11.6 Å². The molecule has 1 unspecified atom stereocenters. The van der Waals surface area contributed by atoms with E-state index in [1.54, 1.807) is 31.2 Å². The van der Waals surface area contributed by atoms with Crippen molar-refractivity contribution >= 4 is 18.0 Å². The van der Waals surface area contributed by atoms with Crippen molar-refractivity contribution in [3.05, 3.63) is 72.7 Å². The summed E-state index contributed by atoms with van der Waals surface area (Å²) in [6, 6.07) is 8.94. The molecule has 2 heterocycles. The van der Waals surface area contributed by atoms with Gasteiger partial charge >= 0.3 is 5.69 Å². The number of halogens is 1. The second-order valence-corrected chi connectivity index (χ2v) is 6.41. The van der Waals surface area contributed by atoms with Crippen LogP contribution in [0, 0.1) is 11.3 Å². The smallest absolute Gasteiger partial charge is 0.333 e. The molecule has 0 aliphatic carbocycles. The van der Waals surface area contributed by atoms with Crippen LogP contribution < -0.4 is 16.0 Å². The normalized spacial score (nSPS) is 15.9. The fraction of sp³-hybridized carbons (Fsp3) is 0.263. The molecule has 2 aromatic rings. The van der Waals surface area contributed by atoms with Crippen LogP contribution in [0.2, 0.25) is 5.02 Å². The maximum Gasteiger partial charge on any atom is 0.333 e. The standard InChI is InChI=1S/C19H17ClN4O4/c1-4-27-10-22-16-12(9-21)14(11-7-5-6-8-13(11)20)15-17(25)23(2)19(26)24(3)18(15)28-16/h5-8,10,14H,4H2,1-3H3/b22-10+. The topological polar surface area (TPSA) is 98.6 Å². The maximum absolute atomic E-state index is 12.9. The van der Waals surface area contributed by atoms with Crippen LogP contribution in [0.25, 0.3) is 0 Å². The lowest BCUT2D eigenvalue weighted by atomic mass is 9.85. The van der Waals surface area contributed by atoms with Crippen molar-refractivity contribution < 1.29 is 9.47 Å². The van der Waals surface area contributed by atoms with Crippen molar-refractivity contribution in [1.29, 1.82) is 5.26 Å². The van der Waals surface area contributed by atoms with E-state index in [0.29, 0.717) is 17.2 Å². The first-order valence-electron chi connectivity index (χ1n) is 8.42. The third kappa shape index (κ3) is 3.10. The summed E-state index contributed by atoms with van der Waals surface area (Å²) >= 11 is 6.37. The van der Waals surface area contributed by atoms with Crippen molar-refractivity contribution in [2.45, 2.75) is 12.8 Å². The number of hydrogen-bond donors (Lipinski definition) is 0. The van der Waals surface area contributed by atoms with E-state index in [-0.39, 0.29) is 22.9 Å². The van der Waals surface area contributed by atoms with Gasteiger partial charge in [0.2, 0.25) is 11.8 Å². The Morgan fingerprint density at radius 2 is 2.04 bits per heavy atom. The molecule has 9 heteroatoms. The Morgan fingerprint density at radius 1 is 1.32 bits per heavy atom. The average molecular weight is 401 g/mol. The molecule has 3 rings (SSSR count). The molecule has 0 radical (unpaired) electrons. The summed E-state index contributed by atoms with van der Waals surface area (Å²) in [5.41, 5.74) is -0.360. The third-order valence-electron chi connectivity index (χ3n) is 4.39. The van der Waals surface area contributed by atoms with Crippen molar-refractivity contribution in [3.8, 4) is 11.9 Å². The Balaban J connectivity index is 2.40. The van der Waals surface area contributed by atoms with Gasteiger partial charge in [0, 0.05) is 19.1 Å². The van der Waals surface area contributed by atoms with Gasteiger partial charge in [0.05, 0.1) is 18.1 Å². The Kier molecular flexibility index (Phi) is 5.38. The zero-order valence-electron chi connectivity index (χ0n) is 15.5. The van der Waals surface area contributed by atoms with Crippen LogP contribution in [0.4, 0.5) is 0 Å². The van der Waals surface area contributed by atoms with Crippen molar-refractivity contribution in [3.63, 3.8) is 0 Å². The molecule has 28 heavy (non-hydrogen) atoms. The molecule has 0 bridgehead atoms. The van der Waals surface area contributed by atoms with Crippen molar-refractivity contribution in [1.82, 2.24) is 9.13 Å². The molecule has 0 fully saturated rings. The van der Waals surface area contributed by atoms with Crippen LogP contribution in [0.15, 0.2) is 50.3 Å². The summed E-state index contributed by atoms with van der Waals surface area (Å²) in [4.78, 5) is 29.4. The number of fused-ring (bicyclic) bond motifs is 1. The van der Waals surface area contributed by atoms with E-state index in [2.05, 4.69) is 11.1 Å². The number of aromatic nitrogens is 2. The van der Waals surface area contributed by atoms with E-state index in [0.717, 1.165) is 11.0 Å². The summed E-state index contributed by atoms with van der Waals surface area (Å²) in [5.74, 6) is -0.890. The van der Waals surface area contributed by atoms with Crippen LogP contribution in [0.5, 0.6) is 5.88 Å². The fourth-order valence-corrected chi connectivity index (χ4v) is 3.27. The lowest BCUT2D eigenvalue weighted by molar-refractivity contribution is 0.326. The van der Waals surface area contributed by atoms with E-state index >= 15 is 0 Å². The molecule has 1 atom stereocenters. The molecule has 144 valence electrons. The highest BCUT2D eigenvalue weighted by atomic mass is 35.5. The van der Waals surface area contributed by atoms with E-state index in [1.807, 2.05) is 0 Å². The van der Waals surface area contributed by atoms with Crippen molar-refractivity contribution in [2.75, 3.05) is 6.61 Å². The molecular weight excluding hydrogens is 384 g/mol. The van der Waals surface area contributed by atoms with E-state index in [9.17, 15) is 14.9 Å². The van der Waals surface area contributed by atoms with Crippen LogP contribution in [0.1, 0.15) is 24.0 Å². The molecule has 0 saturated heterocycles. The van der Waals surface area contributed by atoms with Gasteiger partial charge in [0.25, 0.3) is 5.56 Å². The van der Waals surface area contributed by atoms with Gasteiger partial charge in [-0.25, -0.2) is 4.79 Å². The lowest BCUT2D eigenvalue weighted by Crippen LogP contribution is -2.42. The van der Waals surface area contributed by atoms with Gasteiger partial charge in [-0.2, -0.15) is 10.3 Å². The number of ether oxygens (including phenoxy) is 2. The minimum atomic E-state index is -0.846. The maximum atomic E-state index is 12.9. The minimum absolute atomic E-state index is 0.0145. The second kappa shape index (κ2) is 7.74. The molecule has 1 aliphatic rings. The first-order valence-corrected chi connectivity index (χ1v) is 8.80. The number of nitrogens with zero attached hydrogens (tertiary/aromatic N) is 4. The molecule has 0 amide bonds. The molecule has 1 aromatic carbocycles. The predicted molar refractivity (Wildman–Crippen MR) is 104 cm³/mol.